The van der Waals surface area contributed by atoms with Gasteiger partial charge in [-0.05, 0) is 69.6 Å². The number of nitrogens with two attached hydrogens (primary N) is 1. The highest BCUT2D eigenvalue weighted by atomic mass is 32.2. The van der Waals surface area contributed by atoms with Gasteiger partial charge in [0.15, 0.2) is 0 Å². The molecule has 0 unspecified atom stereocenters. The van der Waals surface area contributed by atoms with Gasteiger partial charge in [-0.3, -0.25) is 0 Å². The van der Waals surface area contributed by atoms with Crippen LogP contribution in [0.5, 0.6) is 11.5 Å². The predicted molar refractivity (Wildman–Crippen MR) is 165 cm³/mol. The SMILES string of the molecule is C=C(C)Nc1cc(OC)c(C)c(OC)c1.CC.CCC1=C(/C(C)=C(/C)N)SC=C(c2cccc(C)c2)C1. The first-order chi connectivity index (χ1) is 17.6. The highest BCUT2D eigenvalue weighted by molar-refractivity contribution is 8.06. The highest BCUT2D eigenvalue weighted by Gasteiger charge is 2.17. The number of anilines is 1. The summed E-state index contributed by atoms with van der Waals surface area (Å²) in [7, 11) is 3.29. The lowest BCUT2D eigenvalue weighted by Crippen LogP contribution is -2.02. The molecule has 202 valence electrons. The lowest BCUT2D eigenvalue weighted by molar-refractivity contribution is 0.389. The molecule has 0 saturated heterocycles. The van der Waals surface area contributed by atoms with E-state index in [9.17, 15) is 0 Å². The zero-order valence-corrected chi connectivity index (χ0v) is 25.3. The van der Waals surface area contributed by atoms with Crippen molar-refractivity contribution < 1.29 is 9.47 Å². The van der Waals surface area contributed by atoms with Crippen molar-refractivity contribution in [2.75, 3.05) is 19.5 Å². The van der Waals surface area contributed by atoms with Gasteiger partial charge in [0.25, 0.3) is 0 Å². The van der Waals surface area contributed by atoms with Gasteiger partial charge in [-0.1, -0.05) is 74.5 Å². The minimum absolute atomic E-state index is 0.804. The Morgan fingerprint density at radius 3 is 2.08 bits per heavy atom. The van der Waals surface area contributed by atoms with Crippen LogP contribution in [0.3, 0.4) is 0 Å². The Bertz CT molecular complexity index is 1130. The van der Waals surface area contributed by atoms with E-state index in [0.29, 0.717) is 0 Å². The maximum Gasteiger partial charge on any atom is 0.127 e. The van der Waals surface area contributed by atoms with Crippen molar-refractivity contribution in [2.45, 2.75) is 68.2 Å². The number of hydrogen-bond acceptors (Lipinski definition) is 5. The minimum Gasteiger partial charge on any atom is -0.496 e. The summed E-state index contributed by atoms with van der Waals surface area (Å²) in [6, 6.07) is 12.6. The van der Waals surface area contributed by atoms with Gasteiger partial charge in [-0.2, -0.15) is 0 Å². The average Bonchev–Trinajstić information content (AvgIpc) is 2.89. The molecule has 0 fully saturated rings. The Balaban J connectivity index is 0.000000360. The third-order valence-corrected chi connectivity index (χ3v) is 7.13. The topological polar surface area (TPSA) is 56.5 Å². The summed E-state index contributed by atoms with van der Waals surface area (Å²) in [6.07, 6.45) is 2.11. The lowest BCUT2D eigenvalue weighted by atomic mass is 9.95. The third-order valence-electron chi connectivity index (χ3n) is 5.90. The first-order valence-corrected chi connectivity index (χ1v) is 13.7. The molecule has 0 spiro atoms. The summed E-state index contributed by atoms with van der Waals surface area (Å²) < 4.78 is 10.5. The molecule has 1 heterocycles. The molecular weight excluding hydrogens is 476 g/mol. The van der Waals surface area contributed by atoms with Crippen LogP contribution in [0.25, 0.3) is 5.57 Å². The van der Waals surface area contributed by atoms with Gasteiger partial charge in [0.05, 0.1) is 14.2 Å². The fourth-order valence-corrected chi connectivity index (χ4v) is 5.00. The molecule has 0 bridgehead atoms. The lowest BCUT2D eigenvalue weighted by Gasteiger charge is -2.21. The van der Waals surface area contributed by atoms with Crippen LogP contribution in [0.15, 0.2) is 75.8 Å². The van der Waals surface area contributed by atoms with Crippen molar-refractivity contribution in [3.63, 3.8) is 0 Å². The predicted octanol–water partition coefficient (Wildman–Crippen LogP) is 9.37. The molecule has 1 aliphatic rings. The normalized spacial score (nSPS) is 13.2. The summed E-state index contributed by atoms with van der Waals surface area (Å²) in [6.45, 7) is 20.1. The van der Waals surface area contributed by atoms with Crippen LogP contribution in [-0.2, 0) is 0 Å². The fourth-order valence-electron chi connectivity index (χ4n) is 3.80. The maximum atomic E-state index is 5.96. The van der Waals surface area contributed by atoms with Crippen LogP contribution >= 0.6 is 11.8 Å². The summed E-state index contributed by atoms with van der Waals surface area (Å²) >= 11 is 1.82. The summed E-state index contributed by atoms with van der Waals surface area (Å²) in [5.74, 6) is 1.61. The van der Waals surface area contributed by atoms with Crippen molar-refractivity contribution in [1.82, 2.24) is 0 Å². The molecule has 0 aromatic heterocycles. The molecule has 4 nitrogen and oxygen atoms in total. The Kier molecular flexibility index (Phi) is 13.8. The minimum atomic E-state index is 0.804. The van der Waals surface area contributed by atoms with Crippen molar-refractivity contribution in [2.24, 2.45) is 5.73 Å². The number of rotatable bonds is 7. The summed E-state index contributed by atoms with van der Waals surface area (Å²) in [5, 5.41) is 5.41. The maximum absolute atomic E-state index is 5.96. The Labute approximate surface area is 229 Å². The molecule has 1 aliphatic heterocycles. The number of aryl methyl sites for hydroxylation is 1. The Hall–Kier alpha value is -3.05. The van der Waals surface area contributed by atoms with E-state index >= 15 is 0 Å². The summed E-state index contributed by atoms with van der Waals surface area (Å²) in [4.78, 5) is 1.36. The molecule has 0 amide bonds. The number of thioether (sulfide) groups is 1. The molecule has 5 heteroatoms. The van der Waals surface area contributed by atoms with E-state index in [-0.39, 0.29) is 0 Å². The quantitative estimate of drug-likeness (QED) is 0.379. The van der Waals surface area contributed by atoms with Gasteiger partial charge >= 0.3 is 0 Å². The van der Waals surface area contributed by atoms with Gasteiger partial charge in [0, 0.05) is 39.7 Å². The first-order valence-electron chi connectivity index (χ1n) is 12.8. The zero-order chi connectivity index (χ0) is 28.1. The van der Waals surface area contributed by atoms with E-state index in [0.717, 1.165) is 47.0 Å². The average molecular weight is 523 g/mol. The second-order valence-electron chi connectivity index (χ2n) is 8.81. The van der Waals surface area contributed by atoms with Crippen LogP contribution in [0.2, 0.25) is 0 Å². The van der Waals surface area contributed by atoms with Gasteiger partial charge in [0.2, 0.25) is 0 Å². The van der Waals surface area contributed by atoms with Crippen molar-refractivity contribution >= 4 is 23.0 Å². The van der Waals surface area contributed by atoms with Crippen LogP contribution in [0.1, 0.15) is 71.1 Å². The van der Waals surface area contributed by atoms with Crippen molar-refractivity contribution in [3.8, 4) is 11.5 Å². The van der Waals surface area contributed by atoms with Gasteiger partial charge in [-0.15, -0.1) is 0 Å². The number of allylic oxidation sites excluding steroid dienone is 5. The second kappa shape index (κ2) is 15.9. The molecule has 2 aromatic carbocycles. The Morgan fingerprint density at radius 1 is 1.03 bits per heavy atom. The third kappa shape index (κ3) is 9.40. The van der Waals surface area contributed by atoms with Crippen LogP contribution in [-0.4, -0.2) is 14.2 Å². The molecule has 0 aliphatic carbocycles. The molecule has 0 radical (unpaired) electrons. The Morgan fingerprint density at radius 2 is 1.62 bits per heavy atom. The van der Waals surface area contributed by atoms with Gasteiger partial charge in [0.1, 0.15) is 11.5 Å². The number of methoxy groups -OCH3 is 2. The van der Waals surface area contributed by atoms with E-state index in [1.54, 1.807) is 14.2 Å². The molecule has 2 aromatic rings. The first kappa shape index (κ1) is 32.0. The monoisotopic (exact) mass is 522 g/mol. The largest absolute Gasteiger partial charge is 0.496 e. The fraction of sp³-hybridized carbons (Fsp3) is 0.375. The molecule has 0 atom stereocenters. The number of nitrogens with one attached hydrogen (secondary N) is 1. The van der Waals surface area contributed by atoms with E-state index in [2.05, 4.69) is 62.3 Å². The number of ether oxygens (including phenoxy) is 2. The number of hydrogen-bond donors (Lipinski definition) is 2. The molecule has 3 rings (SSSR count). The van der Waals surface area contributed by atoms with Crippen LogP contribution in [0, 0.1) is 13.8 Å². The van der Waals surface area contributed by atoms with E-state index in [1.165, 1.54) is 32.8 Å². The smallest absolute Gasteiger partial charge is 0.127 e. The van der Waals surface area contributed by atoms with Crippen LogP contribution < -0.4 is 20.5 Å². The standard InChI is InChI=1S/C18H23NS.C12H17NO2.C2H6/c1-5-15-10-17(16-8-6-7-12(2)9-16)11-20-18(15)13(3)14(4)19;1-8(2)13-10-6-11(14-4)9(3)12(7-10)15-5;1-2/h6-9,11H,5,10,19H2,1-4H3;6-7,13H,1H2,2-5H3;1-2H3/b14-13-;;. The van der Waals surface area contributed by atoms with Crippen molar-refractivity contribution in [3.05, 3.63) is 92.5 Å². The highest BCUT2D eigenvalue weighted by Crippen LogP contribution is 2.42. The molecule has 37 heavy (non-hydrogen) atoms. The van der Waals surface area contributed by atoms with Gasteiger partial charge in [-0.25, -0.2) is 0 Å². The van der Waals surface area contributed by atoms with Crippen LogP contribution in [0.4, 0.5) is 5.69 Å². The van der Waals surface area contributed by atoms with E-state index < -0.39 is 0 Å². The second-order valence-corrected chi connectivity index (χ2v) is 9.69. The molecular formula is C32H46N2O2S. The van der Waals surface area contributed by atoms with Crippen molar-refractivity contribution in [1.29, 1.82) is 0 Å². The van der Waals surface area contributed by atoms with E-state index in [4.69, 9.17) is 15.2 Å². The van der Waals surface area contributed by atoms with E-state index in [1.807, 2.05) is 58.5 Å². The summed E-state index contributed by atoms with van der Waals surface area (Å²) in [5.41, 5.74) is 16.5. The molecule has 0 saturated carbocycles. The zero-order valence-electron chi connectivity index (χ0n) is 24.5. The number of benzene rings is 2. The molecule has 3 N–H and O–H groups in total. The van der Waals surface area contributed by atoms with Gasteiger partial charge < -0.3 is 20.5 Å².